The van der Waals surface area contributed by atoms with Gasteiger partial charge in [0.25, 0.3) is 0 Å². The Morgan fingerprint density at radius 1 is 1.22 bits per heavy atom. The van der Waals surface area contributed by atoms with Crippen LogP contribution in [0.3, 0.4) is 0 Å². The fourth-order valence-corrected chi connectivity index (χ4v) is 3.66. The van der Waals surface area contributed by atoms with E-state index in [2.05, 4.69) is 27.5 Å². The first-order valence-corrected chi connectivity index (χ1v) is 7.75. The third-order valence-corrected chi connectivity index (χ3v) is 5.10. The second-order valence-electron chi connectivity index (χ2n) is 6.08. The predicted octanol–water partition coefficient (Wildman–Crippen LogP) is 0.834. The third-order valence-electron chi connectivity index (χ3n) is 4.82. The SMILES string of the molecule is CN1CCCN(CC2CCC2)C2NC(Cl)NCC21. The van der Waals surface area contributed by atoms with Crippen LogP contribution < -0.4 is 10.6 Å². The van der Waals surface area contributed by atoms with Gasteiger partial charge < -0.3 is 0 Å². The Morgan fingerprint density at radius 2 is 2.06 bits per heavy atom. The van der Waals surface area contributed by atoms with Gasteiger partial charge in [-0.2, -0.15) is 0 Å². The summed E-state index contributed by atoms with van der Waals surface area (Å²) in [5.41, 5.74) is -0.0818. The quantitative estimate of drug-likeness (QED) is 0.576. The van der Waals surface area contributed by atoms with Crippen molar-refractivity contribution in [1.29, 1.82) is 0 Å². The van der Waals surface area contributed by atoms with E-state index in [0.29, 0.717) is 12.2 Å². The van der Waals surface area contributed by atoms with Crippen molar-refractivity contribution in [2.24, 2.45) is 5.92 Å². The number of hydrogen-bond donors (Lipinski definition) is 2. The van der Waals surface area contributed by atoms with Crippen LogP contribution >= 0.6 is 11.6 Å². The Labute approximate surface area is 115 Å². The Bertz CT molecular complexity index is 284. The average molecular weight is 273 g/mol. The van der Waals surface area contributed by atoms with Crippen molar-refractivity contribution in [3.63, 3.8) is 0 Å². The molecule has 3 fully saturated rings. The lowest BCUT2D eigenvalue weighted by Gasteiger charge is -2.45. The maximum atomic E-state index is 6.22. The molecular formula is C13H25ClN4. The maximum Gasteiger partial charge on any atom is 0.136 e. The number of halogens is 1. The zero-order chi connectivity index (χ0) is 12.5. The molecule has 1 aliphatic carbocycles. The summed E-state index contributed by atoms with van der Waals surface area (Å²) in [4.78, 5) is 5.13. The monoisotopic (exact) mass is 272 g/mol. The van der Waals surface area contributed by atoms with Gasteiger partial charge in [0.15, 0.2) is 0 Å². The van der Waals surface area contributed by atoms with Crippen LogP contribution in [0.15, 0.2) is 0 Å². The molecule has 3 aliphatic rings. The molecule has 0 radical (unpaired) electrons. The number of alkyl halides is 1. The Kier molecular flexibility index (Phi) is 4.11. The normalized spacial score (nSPS) is 40.0. The van der Waals surface area contributed by atoms with Crippen LogP contribution in [-0.2, 0) is 0 Å². The van der Waals surface area contributed by atoms with Gasteiger partial charge in [0.05, 0.1) is 12.2 Å². The lowest BCUT2D eigenvalue weighted by molar-refractivity contribution is 0.0503. The number of nitrogens with one attached hydrogen (secondary N) is 2. The maximum absolute atomic E-state index is 6.22. The minimum Gasteiger partial charge on any atom is -0.299 e. The predicted molar refractivity (Wildman–Crippen MR) is 74.5 cm³/mol. The molecule has 4 nitrogen and oxygen atoms in total. The number of likely N-dealkylation sites (N-methyl/N-ethyl adjacent to an activating group) is 1. The van der Waals surface area contributed by atoms with E-state index in [-0.39, 0.29) is 5.62 Å². The second kappa shape index (κ2) is 5.63. The van der Waals surface area contributed by atoms with Crippen molar-refractivity contribution in [2.45, 2.75) is 43.5 Å². The molecule has 0 aromatic carbocycles. The smallest absolute Gasteiger partial charge is 0.136 e. The highest BCUT2D eigenvalue weighted by Gasteiger charge is 2.38. The minimum absolute atomic E-state index is 0.0818. The van der Waals surface area contributed by atoms with Gasteiger partial charge in [-0.25, -0.2) is 0 Å². The summed E-state index contributed by atoms with van der Waals surface area (Å²) in [6.07, 6.45) is 5.96. The summed E-state index contributed by atoms with van der Waals surface area (Å²) >= 11 is 6.22. The number of nitrogens with zero attached hydrogens (tertiary/aromatic N) is 2. The highest BCUT2D eigenvalue weighted by atomic mass is 35.5. The zero-order valence-electron chi connectivity index (χ0n) is 11.2. The average Bonchev–Trinajstić information content (AvgIpc) is 2.44. The molecule has 3 unspecified atom stereocenters. The van der Waals surface area contributed by atoms with E-state index >= 15 is 0 Å². The Hall–Kier alpha value is 0.130. The lowest BCUT2D eigenvalue weighted by Crippen LogP contribution is -2.68. The van der Waals surface area contributed by atoms with Crippen molar-refractivity contribution in [1.82, 2.24) is 20.4 Å². The van der Waals surface area contributed by atoms with Crippen LogP contribution in [0.1, 0.15) is 25.7 Å². The van der Waals surface area contributed by atoms with Crippen molar-refractivity contribution in [3.05, 3.63) is 0 Å². The van der Waals surface area contributed by atoms with Gasteiger partial charge in [0, 0.05) is 19.6 Å². The molecule has 2 heterocycles. The number of fused-ring (bicyclic) bond motifs is 1. The molecule has 0 aromatic heterocycles. The summed E-state index contributed by atoms with van der Waals surface area (Å²) < 4.78 is 0. The Balaban J connectivity index is 1.69. The van der Waals surface area contributed by atoms with Crippen LogP contribution in [0, 0.1) is 5.92 Å². The first-order valence-electron chi connectivity index (χ1n) is 7.32. The van der Waals surface area contributed by atoms with Gasteiger partial charge in [0.2, 0.25) is 0 Å². The minimum atomic E-state index is -0.0818. The van der Waals surface area contributed by atoms with Crippen LogP contribution in [-0.4, -0.2) is 60.9 Å². The van der Waals surface area contributed by atoms with E-state index in [1.165, 1.54) is 45.3 Å². The van der Waals surface area contributed by atoms with Gasteiger partial charge >= 0.3 is 0 Å². The van der Waals surface area contributed by atoms with Crippen molar-refractivity contribution < 1.29 is 0 Å². The number of rotatable bonds is 2. The molecule has 18 heavy (non-hydrogen) atoms. The molecular weight excluding hydrogens is 248 g/mol. The molecule has 5 heteroatoms. The molecule has 2 N–H and O–H groups in total. The van der Waals surface area contributed by atoms with Gasteiger partial charge in [-0.1, -0.05) is 18.0 Å². The van der Waals surface area contributed by atoms with E-state index in [9.17, 15) is 0 Å². The van der Waals surface area contributed by atoms with Gasteiger partial charge in [-0.05, 0) is 38.8 Å². The van der Waals surface area contributed by atoms with E-state index in [4.69, 9.17) is 11.6 Å². The topological polar surface area (TPSA) is 30.5 Å². The van der Waals surface area contributed by atoms with Crippen LogP contribution in [0.25, 0.3) is 0 Å². The van der Waals surface area contributed by atoms with Crippen molar-refractivity contribution in [3.8, 4) is 0 Å². The second-order valence-corrected chi connectivity index (χ2v) is 6.51. The first kappa shape index (κ1) is 13.1. The summed E-state index contributed by atoms with van der Waals surface area (Å²) in [6, 6.07) is 0.544. The molecule has 104 valence electrons. The molecule has 1 saturated carbocycles. The van der Waals surface area contributed by atoms with Crippen LogP contribution in [0.4, 0.5) is 0 Å². The van der Waals surface area contributed by atoms with Gasteiger partial charge in [0.1, 0.15) is 5.62 Å². The van der Waals surface area contributed by atoms with E-state index in [0.717, 1.165) is 12.5 Å². The van der Waals surface area contributed by atoms with Gasteiger partial charge in [-0.3, -0.25) is 20.4 Å². The molecule has 0 aromatic rings. The summed E-state index contributed by atoms with van der Waals surface area (Å²) in [6.45, 7) is 4.65. The summed E-state index contributed by atoms with van der Waals surface area (Å²) in [5, 5.41) is 6.86. The van der Waals surface area contributed by atoms with E-state index in [1.807, 2.05) is 0 Å². The molecule has 3 atom stereocenters. The van der Waals surface area contributed by atoms with E-state index < -0.39 is 0 Å². The standard InChI is InChI=1S/C13H25ClN4/c1-17-6-3-7-18(9-10-4-2-5-10)12-11(17)8-15-13(14)16-12/h10-13,15-16H,2-9H2,1H3. The van der Waals surface area contributed by atoms with E-state index in [1.54, 1.807) is 0 Å². The zero-order valence-corrected chi connectivity index (χ0v) is 12.0. The summed E-state index contributed by atoms with van der Waals surface area (Å²) in [7, 11) is 2.24. The van der Waals surface area contributed by atoms with Crippen LogP contribution in [0.2, 0.25) is 0 Å². The van der Waals surface area contributed by atoms with Crippen molar-refractivity contribution in [2.75, 3.05) is 33.2 Å². The fraction of sp³-hybridized carbons (Fsp3) is 1.00. The fourth-order valence-electron chi connectivity index (χ4n) is 3.44. The largest absolute Gasteiger partial charge is 0.299 e. The lowest BCUT2D eigenvalue weighted by atomic mass is 9.85. The molecule has 3 rings (SSSR count). The number of hydrogen-bond acceptors (Lipinski definition) is 4. The van der Waals surface area contributed by atoms with Gasteiger partial charge in [-0.15, -0.1) is 0 Å². The third kappa shape index (κ3) is 2.68. The molecule has 0 spiro atoms. The first-order chi connectivity index (χ1) is 8.74. The highest BCUT2D eigenvalue weighted by Crippen LogP contribution is 2.29. The Morgan fingerprint density at radius 3 is 2.78 bits per heavy atom. The van der Waals surface area contributed by atoms with Crippen LogP contribution in [0.5, 0.6) is 0 Å². The molecule has 2 saturated heterocycles. The molecule has 0 bridgehead atoms. The summed E-state index contributed by atoms with van der Waals surface area (Å²) in [5.74, 6) is 0.930. The molecule has 0 amide bonds. The van der Waals surface area contributed by atoms with Crippen molar-refractivity contribution >= 4 is 11.6 Å². The highest BCUT2D eigenvalue weighted by molar-refractivity contribution is 6.20. The molecule has 2 aliphatic heterocycles.